The third-order valence-electron chi connectivity index (χ3n) is 9.10. The van der Waals surface area contributed by atoms with Gasteiger partial charge in [-0.15, -0.1) is 0 Å². The second-order valence-electron chi connectivity index (χ2n) is 15.7. The zero-order chi connectivity index (χ0) is 40.6. The number of likely N-dealkylation sites (N-methyl/N-ethyl adjacent to an activating group) is 1. The highest BCUT2D eigenvalue weighted by Crippen LogP contribution is 2.38. The maximum Gasteiger partial charge on any atom is 0.306 e. The molecule has 0 spiro atoms. The molecule has 0 bridgehead atoms. The number of hydrogen-bond donors (Lipinski definition) is 0. The van der Waals surface area contributed by atoms with Crippen LogP contribution >= 0.6 is 7.82 Å². The molecule has 0 aromatic rings. The smallest absolute Gasteiger partial charge is 0.306 e. The van der Waals surface area contributed by atoms with Gasteiger partial charge < -0.3 is 27.9 Å². The molecule has 0 N–H and O–H groups in total. The van der Waals surface area contributed by atoms with Crippen LogP contribution in [0, 0.1) is 0 Å². The van der Waals surface area contributed by atoms with E-state index in [9.17, 15) is 14.3 Å². The van der Waals surface area contributed by atoms with Crippen LogP contribution in [0.5, 0.6) is 0 Å². The molecule has 0 aliphatic carbocycles. The Morgan fingerprint density at radius 1 is 0.582 bits per heavy atom. The summed E-state index contributed by atoms with van der Waals surface area (Å²) in [5.41, 5.74) is 0. The second kappa shape index (κ2) is 39.0. The molecular weight excluding hydrogens is 709 g/mol. The number of hydrogen-bond acceptors (Lipinski definition) is 7. The number of unbranched alkanes of at least 4 members (excludes halogenated alkanes) is 16. The average molecular weight is 794 g/mol. The molecular formula is C46H84NO7P. The summed E-state index contributed by atoms with van der Waals surface area (Å²) in [4.78, 5) is 25.0. The summed E-state index contributed by atoms with van der Waals surface area (Å²) in [6.07, 6.45) is 48.3. The van der Waals surface area contributed by atoms with Gasteiger partial charge in [-0.3, -0.25) is 9.36 Å². The molecule has 55 heavy (non-hydrogen) atoms. The number of phosphoric acid groups is 1. The van der Waals surface area contributed by atoms with Crippen LogP contribution in [0.4, 0.5) is 0 Å². The average Bonchev–Trinajstić information content (AvgIpc) is 3.13. The zero-order valence-corrected chi connectivity index (χ0v) is 37.0. The van der Waals surface area contributed by atoms with E-state index in [1.165, 1.54) is 89.9 Å². The second-order valence-corrected chi connectivity index (χ2v) is 17.1. The number of esters is 1. The summed E-state index contributed by atoms with van der Waals surface area (Å²) < 4.78 is 34.5. The molecule has 9 heteroatoms. The fourth-order valence-corrected chi connectivity index (χ4v) is 6.46. The van der Waals surface area contributed by atoms with Gasteiger partial charge in [-0.25, -0.2) is 0 Å². The molecule has 0 amide bonds. The van der Waals surface area contributed by atoms with Crippen molar-refractivity contribution >= 4 is 13.8 Å². The topological polar surface area (TPSA) is 94.1 Å². The van der Waals surface area contributed by atoms with Gasteiger partial charge >= 0.3 is 5.97 Å². The van der Waals surface area contributed by atoms with Crippen molar-refractivity contribution in [1.82, 2.24) is 0 Å². The SMILES string of the molecule is CC/C=C\C/C=C\C/C=C\C/C=C\C/C=C\CCOCC(COP(=O)([O-])OCC[N+](C)(C)C)OC(=O)CCCCCCCCCCCCCCCCCCC. The molecule has 2 atom stereocenters. The molecule has 0 saturated heterocycles. The first-order chi connectivity index (χ1) is 26.6. The van der Waals surface area contributed by atoms with E-state index in [2.05, 4.69) is 74.6 Å². The monoisotopic (exact) mass is 794 g/mol. The van der Waals surface area contributed by atoms with Crippen molar-refractivity contribution in [1.29, 1.82) is 0 Å². The van der Waals surface area contributed by atoms with Gasteiger partial charge in [-0.1, -0.05) is 177 Å². The molecule has 0 aromatic carbocycles. The summed E-state index contributed by atoms with van der Waals surface area (Å²) in [6, 6.07) is 0. The van der Waals surface area contributed by atoms with Gasteiger partial charge in [0.25, 0.3) is 7.82 Å². The van der Waals surface area contributed by atoms with E-state index in [4.69, 9.17) is 18.5 Å². The highest BCUT2D eigenvalue weighted by Gasteiger charge is 2.20. The largest absolute Gasteiger partial charge is 0.756 e. The van der Waals surface area contributed by atoms with E-state index in [0.717, 1.165) is 51.4 Å². The molecule has 0 saturated carbocycles. The Labute approximate surface area is 339 Å². The third-order valence-corrected chi connectivity index (χ3v) is 10.1. The van der Waals surface area contributed by atoms with Crippen molar-refractivity contribution in [3.8, 4) is 0 Å². The van der Waals surface area contributed by atoms with Gasteiger partial charge in [0.1, 0.15) is 19.3 Å². The number of rotatable bonds is 40. The van der Waals surface area contributed by atoms with E-state index >= 15 is 0 Å². The Hall–Kier alpha value is -1.80. The van der Waals surface area contributed by atoms with Gasteiger partial charge in [-0.05, 0) is 44.9 Å². The lowest BCUT2D eigenvalue weighted by Gasteiger charge is -2.28. The van der Waals surface area contributed by atoms with Crippen molar-refractivity contribution in [2.24, 2.45) is 0 Å². The number of quaternary nitrogens is 1. The fraction of sp³-hybridized carbons (Fsp3) is 0.761. The van der Waals surface area contributed by atoms with Crippen LogP contribution in [0.15, 0.2) is 60.8 Å². The third kappa shape index (κ3) is 43.2. The van der Waals surface area contributed by atoms with E-state index in [1.54, 1.807) is 0 Å². The fourth-order valence-electron chi connectivity index (χ4n) is 5.73. The highest BCUT2D eigenvalue weighted by molar-refractivity contribution is 7.45. The number of carbonyl (C=O) groups excluding carboxylic acids is 1. The lowest BCUT2D eigenvalue weighted by Crippen LogP contribution is -2.37. The highest BCUT2D eigenvalue weighted by atomic mass is 31.2. The minimum absolute atomic E-state index is 0.0117. The maximum absolute atomic E-state index is 12.7. The Morgan fingerprint density at radius 2 is 1.02 bits per heavy atom. The number of carbonyl (C=O) groups is 1. The van der Waals surface area contributed by atoms with Crippen LogP contribution in [0.1, 0.15) is 168 Å². The molecule has 0 rings (SSSR count). The molecule has 0 aromatic heterocycles. The predicted octanol–water partition coefficient (Wildman–Crippen LogP) is 12.3. The van der Waals surface area contributed by atoms with E-state index in [0.29, 0.717) is 30.5 Å². The molecule has 2 unspecified atom stereocenters. The molecule has 320 valence electrons. The van der Waals surface area contributed by atoms with Crippen molar-refractivity contribution in [3.05, 3.63) is 60.8 Å². The van der Waals surface area contributed by atoms with Gasteiger partial charge in [-0.2, -0.15) is 0 Å². The van der Waals surface area contributed by atoms with Crippen LogP contribution in [-0.4, -0.2) is 70.7 Å². The van der Waals surface area contributed by atoms with Gasteiger partial charge in [0, 0.05) is 6.42 Å². The number of nitrogens with zero attached hydrogens (tertiary/aromatic N) is 1. The standard InChI is InChI=1S/C46H84NO7P/c1-6-8-10-12-14-16-18-20-22-24-25-27-29-31-33-35-37-39-46(48)54-45(44-53-55(49,50)52-42-40-47(3,4)5)43-51-41-38-36-34-32-30-28-26-23-21-19-17-15-13-11-9-7-2/h9,11,15,17,21,23,28,30,34,36,45H,6-8,10,12-14,16,18-20,22,24-27,29,31-33,35,37-44H2,1-5H3/b11-9-,17-15-,23-21-,30-28-,36-34-. The summed E-state index contributed by atoms with van der Waals surface area (Å²) in [7, 11) is 1.31. The van der Waals surface area contributed by atoms with E-state index in [-0.39, 0.29) is 25.8 Å². The summed E-state index contributed by atoms with van der Waals surface area (Å²) in [6.45, 7) is 5.07. The first-order valence-corrected chi connectivity index (χ1v) is 23.5. The summed E-state index contributed by atoms with van der Waals surface area (Å²) in [5, 5.41) is 0. The molecule has 0 aliphatic heterocycles. The van der Waals surface area contributed by atoms with Gasteiger partial charge in [0.2, 0.25) is 0 Å². The summed E-state index contributed by atoms with van der Waals surface area (Å²) in [5.74, 6) is -0.359. The normalized spacial score (nSPS) is 14.4. The quantitative estimate of drug-likeness (QED) is 0.0200. The number of allylic oxidation sites excluding steroid dienone is 9. The molecule has 0 radical (unpaired) electrons. The first kappa shape index (κ1) is 53.2. The van der Waals surface area contributed by atoms with Crippen LogP contribution in [0.2, 0.25) is 0 Å². The van der Waals surface area contributed by atoms with E-state index in [1.807, 2.05) is 21.1 Å². The Kier molecular flexibility index (Phi) is 37.8. The summed E-state index contributed by atoms with van der Waals surface area (Å²) >= 11 is 0. The van der Waals surface area contributed by atoms with Crippen molar-refractivity contribution in [2.45, 2.75) is 174 Å². The van der Waals surface area contributed by atoms with Crippen LogP contribution < -0.4 is 4.89 Å². The van der Waals surface area contributed by atoms with Gasteiger partial charge in [0.15, 0.2) is 0 Å². The predicted molar refractivity (Wildman–Crippen MR) is 231 cm³/mol. The van der Waals surface area contributed by atoms with Crippen molar-refractivity contribution < 1.29 is 37.3 Å². The van der Waals surface area contributed by atoms with Crippen LogP contribution in [0.25, 0.3) is 0 Å². The zero-order valence-electron chi connectivity index (χ0n) is 36.1. The lowest BCUT2D eigenvalue weighted by atomic mass is 10.0. The van der Waals surface area contributed by atoms with Crippen LogP contribution in [-0.2, 0) is 27.9 Å². The Bertz CT molecular complexity index is 1060. The maximum atomic E-state index is 12.7. The van der Waals surface area contributed by atoms with Crippen LogP contribution in [0.3, 0.4) is 0 Å². The molecule has 0 aliphatic rings. The van der Waals surface area contributed by atoms with Gasteiger partial charge in [0.05, 0.1) is 41.0 Å². The minimum atomic E-state index is -4.54. The molecule has 0 fully saturated rings. The number of ether oxygens (including phenoxy) is 2. The van der Waals surface area contributed by atoms with Crippen molar-refractivity contribution in [3.63, 3.8) is 0 Å². The number of phosphoric ester groups is 1. The lowest BCUT2D eigenvalue weighted by molar-refractivity contribution is -0.870. The van der Waals surface area contributed by atoms with Crippen molar-refractivity contribution in [2.75, 3.05) is 54.1 Å². The Balaban J connectivity index is 4.33. The molecule has 8 nitrogen and oxygen atoms in total. The molecule has 0 heterocycles. The van der Waals surface area contributed by atoms with E-state index < -0.39 is 13.9 Å². The minimum Gasteiger partial charge on any atom is -0.756 e. The Morgan fingerprint density at radius 3 is 1.47 bits per heavy atom. The first-order valence-electron chi connectivity index (χ1n) is 22.0.